The highest BCUT2D eigenvalue weighted by atomic mass is 15.2. The molecule has 1 aliphatic rings. The van der Waals surface area contributed by atoms with Crippen molar-refractivity contribution in [2.24, 2.45) is 5.92 Å². The number of hydrogen-bond donors (Lipinski definition) is 1. The molecule has 1 aliphatic heterocycles. The summed E-state index contributed by atoms with van der Waals surface area (Å²) in [6.45, 7) is 8.44. The van der Waals surface area contributed by atoms with E-state index in [1.807, 2.05) is 12.4 Å². The second-order valence-corrected chi connectivity index (χ2v) is 5.39. The lowest BCUT2D eigenvalue weighted by atomic mass is 9.93. The van der Waals surface area contributed by atoms with Gasteiger partial charge in [0, 0.05) is 37.6 Å². The number of piperidine rings is 1. The number of nitrogens with one attached hydrogen (secondary N) is 1. The Hall–Kier alpha value is -1.16. The standard InChI is InChI=1S/C15H26N4/c1-3-5-13-6-8-19(9-7-13)15-17-11-14(12-18-15)10-16-4-2/h11-13,16H,3-10H2,1-2H3. The molecular formula is C15H26N4. The molecule has 2 heterocycles. The van der Waals surface area contributed by atoms with Crippen molar-refractivity contribution >= 4 is 5.95 Å². The predicted molar refractivity (Wildman–Crippen MR) is 79.3 cm³/mol. The second-order valence-electron chi connectivity index (χ2n) is 5.39. The van der Waals surface area contributed by atoms with E-state index in [0.29, 0.717) is 0 Å². The maximum Gasteiger partial charge on any atom is 0.225 e. The van der Waals surface area contributed by atoms with Gasteiger partial charge in [-0.15, -0.1) is 0 Å². The first-order valence-electron chi connectivity index (χ1n) is 7.60. The van der Waals surface area contributed by atoms with Gasteiger partial charge in [-0.05, 0) is 25.3 Å². The Morgan fingerprint density at radius 2 is 1.89 bits per heavy atom. The van der Waals surface area contributed by atoms with Crippen LogP contribution in [0.1, 0.15) is 45.1 Å². The van der Waals surface area contributed by atoms with Crippen LogP contribution < -0.4 is 10.2 Å². The van der Waals surface area contributed by atoms with E-state index in [1.54, 1.807) is 0 Å². The third kappa shape index (κ3) is 4.16. The molecule has 0 unspecified atom stereocenters. The summed E-state index contributed by atoms with van der Waals surface area (Å²) >= 11 is 0. The van der Waals surface area contributed by atoms with Crippen LogP contribution in [0, 0.1) is 5.92 Å². The minimum Gasteiger partial charge on any atom is -0.341 e. The highest BCUT2D eigenvalue weighted by molar-refractivity contribution is 5.30. The van der Waals surface area contributed by atoms with Gasteiger partial charge in [-0.25, -0.2) is 9.97 Å². The van der Waals surface area contributed by atoms with Crippen molar-refractivity contribution in [3.05, 3.63) is 18.0 Å². The normalized spacial score (nSPS) is 16.8. The van der Waals surface area contributed by atoms with E-state index in [0.717, 1.165) is 43.6 Å². The molecule has 1 N–H and O–H groups in total. The highest BCUT2D eigenvalue weighted by Gasteiger charge is 2.19. The Morgan fingerprint density at radius 1 is 1.21 bits per heavy atom. The molecule has 0 amide bonds. The van der Waals surface area contributed by atoms with Crippen LogP contribution in [0.5, 0.6) is 0 Å². The van der Waals surface area contributed by atoms with Crippen LogP contribution in [-0.2, 0) is 6.54 Å². The fourth-order valence-electron chi connectivity index (χ4n) is 2.70. The van der Waals surface area contributed by atoms with Crippen LogP contribution >= 0.6 is 0 Å². The number of aromatic nitrogens is 2. The minimum atomic E-state index is 0.857. The summed E-state index contributed by atoms with van der Waals surface area (Å²) in [6.07, 6.45) is 9.15. The molecule has 0 aromatic carbocycles. The Morgan fingerprint density at radius 3 is 2.47 bits per heavy atom. The van der Waals surface area contributed by atoms with Crippen LogP contribution in [0.15, 0.2) is 12.4 Å². The monoisotopic (exact) mass is 262 g/mol. The van der Waals surface area contributed by atoms with E-state index in [4.69, 9.17) is 0 Å². The van der Waals surface area contributed by atoms with Gasteiger partial charge in [0.1, 0.15) is 0 Å². The van der Waals surface area contributed by atoms with Gasteiger partial charge in [-0.1, -0.05) is 26.7 Å². The fourth-order valence-corrected chi connectivity index (χ4v) is 2.70. The predicted octanol–water partition coefficient (Wildman–Crippen LogP) is 2.60. The van der Waals surface area contributed by atoms with Crippen LogP contribution in [0.25, 0.3) is 0 Å². The lowest BCUT2D eigenvalue weighted by molar-refractivity contribution is 0.376. The third-order valence-corrected chi connectivity index (χ3v) is 3.87. The molecular weight excluding hydrogens is 236 g/mol. The van der Waals surface area contributed by atoms with Crippen LogP contribution in [0.4, 0.5) is 5.95 Å². The molecule has 4 nitrogen and oxygen atoms in total. The highest BCUT2D eigenvalue weighted by Crippen LogP contribution is 2.23. The van der Waals surface area contributed by atoms with Gasteiger partial charge in [0.15, 0.2) is 0 Å². The molecule has 0 radical (unpaired) electrons. The maximum absolute atomic E-state index is 4.50. The van der Waals surface area contributed by atoms with Gasteiger partial charge < -0.3 is 10.2 Å². The summed E-state index contributed by atoms with van der Waals surface area (Å²) in [6, 6.07) is 0. The molecule has 4 heteroatoms. The first kappa shape index (κ1) is 14.3. The summed E-state index contributed by atoms with van der Waals surface area (Å²) in [5, 5.41) is 3.29. The van der Waals surface area contributed by atoms with Gasteiger partial charge in [-0.2, -0.15) is 0 Å². The van der Waals surface area contributed by atoms with Crippen molar-refractivity contribution < 1.29 is 0 Å². The van der Waals surface area contributed by atoms with E-state index in [-0.39, 0.29) is 0 Å². The van der Waals surface area contributed by atoms with Crippen LogP contribution in [-0.4, -0.2) is 29.6 Å². The first-order chi connectivity index (χ1) is 9.33. The average Bonchev–Trinajstić information content (AvgIpc) is 2.47. The smallest absolute Gasteiger partial charge is 0.225 e. The lowest BCUT2D eigenvalue weighted by Gasteiger charge is -2.31. The molecule has 1 saturated heterocycles. The van der Waals surface area contributed by atoms with E-state index in [1.165, 1.54) is 25.7 Å². The quantitative estimate of drug-likeness (QED) is 0.855. The van der Waals surface area contributed by atoms with E-state index in [9.17, 15) is 0 Å². The fraction of sp³-hybridized carbons (Fsp3) is 0.733. The van der Waals surface area contributed by atoms with Crippen molar-refractivity contribution in [1.29, 1.82) is 0 Å². The van der Waals surface area contributed by atoms with Crippen molar-refractivity contribution in [3.63, 3.8) is 0 Å². The molecule has 0 atom stereocenters. The van der Waals surface area contributed by atoms with E-state index in [2.05, 4.69) is 34.0 Å². The molecule has 1 aromatic rings. The zero-order chi connectivity index (χ0) is 13.5. The largest absolute Gasteiger partial charge is 0.341 e. The number of hydrogen-bond acceptors (Lipinski definition) is 4. The zero-order valence-corrected chi connectivity index (χ0v) is 12.2. The van der Waals surface area contributed by atoms with Gasteiger partial charge in [-0.3, -0.25) is 0 Å². The summed E-state index contributed by atoms with van der Waals surface area (Å²) in [5.41, 5.74) is 1.16. The SMILES string of the molecule is CCCC1CCN(c2ncc(CNCC)cn2)CC1. The van der Waals surface area contributed by atoms with Crippen molar-refractivity contribution in [1.82, 2.24) is 15.3 Å². The number of rotatable bonds is 6. The summed E-state index contributed by atoms with van der Waals surface area (Å²) in [7, 11) is 0. The molecule has 19 heavy (non-hydrogen) atoms. The van der Waals surface area contributed by atoms with E-state index < -0.39 is 0 Å². The summed E-state index contributed by atoms with van der Waals surface area (Å²) < 4.78 is 0. The third-order valence-electron chi connectivity index (χ3n) is 3.87. The average molecular weight is 262 g/mol. The Bertz CT molecular complexity index is 355. The lowest BCUT2D eigenvalue weighted by Crippen LogP contribution is -2.34. The Labute approximate surface area is 116 Å². The molecule has 1 fully saturated rings. The topological polar surface area (TPSA) is 41.1 Å². The number of nitrogens with zero attached hydrogens (tertiary/aromatic N) is 3. The molecule has 0 spiro atoms. The molecule has 2 rings (SSSR count). The Balaban J connectivity index is 1.85. The minimum absolute atomic E-state index is 0.857. The molecule has 0 saturated carbocycles. The van der Waals surface area contributed by atoms with Gasteiger partial charge in [0.05, 0.1) is 0 Å². The number of anilines is 1. The van der Waals surface area contributed by atoms with Crippen LogP contribution in [0.2, 0.25) is 0 Å². The van der Waals surface area contributed by atoms with Gasteiger partial charge in [0.25, 0.3) is 0 Å². The van der Waals surface area contributed by atoms with Gasteiger partial charge in [0.2, 0.25) is 5.95 Å². The van der Waals surface area contributed by atoms with Crippen molar-refractivity contribution in [2.75, 3.05) is 24.5 Å². The van der Waals surface area contributed by atoms with Gasteiger partial charge >= 0.3 is 0 Å². The van der Waals surface area contributed by atoms with Crippen LogP contribution in [0.3, 0.4) is 0 Å². The molecule has 0 aliphatic carbocycles. The maximum atomic E-state index is 4.50. The first-order valence-corrected chi connectivity index (χ1v) is 7.60. The molecule has 1 aromatic heterocycles. The van der Waals surface area contributed by atoms with Crippen molar-refractivity contribution in [2.45, 2.75) is 46.1 Å². The molecule has 0 bridgehead atoms. The van der Waals surface area contributed by atoms with E-state index >= 15 is 0 Å². The summed E-state index contributed by atoms with van der Waals surface area (Å²) in [5.74, 6) is 1.81. The summed E-state index contributed by atoms with van der Waals surface area (Å²) in [4.78, 5) is 11.3. The molecule has 106 valence electrons. The second kappa shape index (κ2) is 7.43. The van der Waals surface area contributed by atoms with Crippen molar-refractivity contribution in [3.8, 4) is 0 Å². The Kier molecular flexibility index (Phi) is 5.58. The zero-order valence-electron chi connectivity index (χ0n) is 12.2.